The molecule has 0 spiro atoms. The summed E-state index contributed by atoms with van der Waals surface area (Å²) < 4.78 is 0. The minimum Gasteiger partial charge on any atom is -0.273 e. The SMILES string of the molecule is CC(C)CN1C(=O)C(C)C(=O)N(C)C1=O. The summed E-state index contributed by atoms with van der Waals surface area (Å²) >= 11 is 0. The lowest BCUT2D eigenvalue weighted by atomic mass is 10.1. The van der Waals surface area contributed by atoms with Gasteiger partial charge in [-0.25, -0.2) is 4.79 Å². The average molecular weight is 212 g/mol. The summed E-state index contributed by atoms with van der Waals surface area (Å²) in [7, 11) is 1.40. The van der Waals surface area contributed by atoms with Crippen molar-refractivity contribution in [2.45, 2.75) is 20.8 Å². The molecule has 5 heteroatoms. The van der Waals surface area contributed by atoms with Gasteiger partial charge in [-0.15, -0.1) is 0 Å². The maximum Gasteiger partial charge on any atom is 0.333 e. The number of amides is 4. The van der Waals surface area contributed by atoms with Crippen LogP contribution in [0.15, 0.2) is 0 Å². The molecular formula is C10H16N2O3. The lowest BCUT2D eigenvalue weighted by Gasteiger charge is -2.34. The van der Waals surface area contributed by atoms with Gasteiger partial charge in [0.15, 0.2) is 0 Å². The van der Waals surface area contributed by atoms with Crippen molar-refractivity contribution in [3.05, 3.63) is 0 Å². The topological polar surface area (TPSA) is 57.7 Å². The Labute approximate surface area is 89.0 Å². The van der Waals surface area contributed by atoms with E-state index in [-0.39, 0.29) is 5.92 Å². The smallest absolute Gasteiger partial charge is 0.273 e. The molecule has 1 fully saturated rings. The molecule has 0 aromatic carbocycles. The Morgan fingerprint density at radius 2 is 1.73 bits per heavy atom. The Bertz CT molecular complexity index is 288. The van der Waals surface area contributed by atoms with Crippen LogP contribution in [0.5, 0.6) is 0 Å². The van der Waals surface area contributed by atoms with E-state index in [0.717, 1.165) is 9.80 Å². The van der Waals surface area contributed by atoms with Gasteiger partial charge in [-0.1, -0.05) is 13.8 Å². The molecule has 0 aromatic heterocycles. The van der Waals surface area contributed by atoms with Crippen LogP contribution in [-0.2, 0) is 9.59 Å². The minimum atomic E-state index is -0.744. The minimum absolute atomic E-state index is 0.201. The molecule has 1 aliphatic rings. The number of rotatable bonds is 2. The van der Waals surface area contributed by atoms with Crippen LogP contribution in [0.2, 0.25) is 0 Å². The number of hydrogen-bond acceptors (Lipinski definition) is 3. The second kappa shape index (κ2) is 4.00. The second-order valence-electron chi connectivity index (χ2n) is 4.24. The number of urea groups is 1. The van der Waals surface area contributed by atoms with Gasteiger partial charge in [0, 0.05) is 13.6 Å². The third kappa shape index (κ3) is 2.00. The third-order valence-corrected chi connectivity index (χ3v) is 2.40. The van der Waals surface area contributed by atoms with Gasteiger partial charge in [0.1, 0.15) is 5.92 Å². The van der Waals surface area contributed by atoms with Gasteiger partial charge in [-0.3, -0.25) is 19.4 Å². The summed E-state index contributed by atoms with van der Waals surface area (Å²) in [5, 5.41) is 0. The van der Waals surface area contributed by atoms with E-state index in [0.29, 0.717) is 6.54 Å². The molecular weight excluding hydrogens is 196 g/mol. The van der Waals surface area contributed by atoms with Crippen LogP contribution in [0.3, 0.4) is 0 Å². The molecule has 5 nitrogen and oxygen atoms in total. The maximum absolute atomic E-state index is 11.7. The predicted molar refractivity (Wildman–Crippen MR) is 53.9 cm³/mol. The van der Waals surface area contributed by atoms with Gasteiger partial charge < -0.3 is 0 Å². The Morgan fingerprint density at radius 1 is 1.20 bits per heavy atom. The van der Waals surface area contributed by atoms with E-state index >= 15 is 0 Å². The fourth-order valence-corrected chi connectivity index (χ4v) is 1.53. The molecule has 1 unspecified atom stereocenters. The van der Waals surface area contributed by atoms with Crippen LogP contribution in [-0.4, -0.2) is 41.2 Å². The molecule has 0 aliphatic carbocycles. The Kier molecular flexibility index (Phi) is 3.12. The summed E-state index contributed by atoms with van der Waals surface area (Å²) in [5.74, 6) is -1.36. The third-order valence-electron chi connectivity index (χ3n) is 2.40. The maximum atomic E-state index is 11.7. The molecule has 1 saturated heterocycles. The van der Waals surface area contributed by atoms with Crippen LogP contribution in [0.1, 0.15) is 20.8 Å². The molecule has 4 amide bonds. The zero-order chi connectivity index (χ0) is 11.7. The zero-order valence-electron chi connectivity index (χ0n) is 9.48. The highest BCUT2D eigenvalue weighted by molar-refractivity contribution is 6.15. The molecule has 0 aromatic rings. The number of barbiturate groups is 1. The first kappa shape index (κ1) is 11.7. The molecule has 1 atom stereocenters. The van der Waals surface area contributed by atoms with Gasteiger partial charge in [0.25, 0.3) is 0 Å². The number of carbonyl (C=O) groups excluding carboxylic acids is 3. The zero-order valence-corrected chi connectivity index (χ0v) is 9.48. The van der Waals surface area contributed by atoms with E-state index < -0.39 is 23.8 Å². The lowest BCUT2D eigenvalue weighted by molar-refractivity contribution is -0.147. The van der Waals surface area contributed by atoms with Crippen LogP contribution in [0.4, 0.5) is 4.79 Å². The van der Waals surface area contributed by atoms with E-state index in [4.69, 9.17) is 0 Å². The standard InChI is InChI=1S/C10H16N2O3/c1-6(2)5-12-9(14)7(3)8(13)11(4)10(12)15/h6-7H,5H2,1-4H3. The Morgan fingerprint density at radius 3 is 2.20 bits per heavy atom. The summed E-state index contributed by atoms with van der Waals surface area (Å²) in [6.45, 7) is 5.73. The van der Waals surface area contributed by atoms with Crippen molar-refractivity contribution < 1.29 is 14.4 Å². The predicted octanol–water partition coefficient (Wildman–Crippen LogP) is 0.699. The monoisotopic (exact) mass is 212 g/mol. The lowest BCUT2D eigenvalue weighted by Crippen LogP contribution is -2.58. The van der Waals surface area contributed by atoms with Crippen LogP contribution in [0.25, 0.3) is 0 Å². The summed E-state index contributed by atoms with van der Waals surface area (Å²) in [5.41, 5.74) is 0. The van der Waals surface area contributed by atoms with E-state index in [1.54, 1.807) is 0 Å². The molecule has 1 heterocycles. The van der Waals surface area contributed by atoms with Gasteiger partial charge in [0.2, 0.25) is 11.8 Å². The van der Waals surface area contributed by atoms with Gasteiger partial charge >= 0.3 is 6.03 Å². The highest BCUT2D eigenvalue weighted by Gasteiger charge is 2.41. The van der Waals surface area contributed by atoms with Crippen LogP contribution >= 0.6 is 0 Å². The quantitative estimate of drug-likeness (QED) is 0.633. The summed E-state index contributed by atoms with van der Waals surface area (Å²) in [6.07, 6.45) is 0. The molecule has 0 bridgehead atoms. The van der Waals surface area contributed by atoms with Crippen molar-refractivity contribution in [1.82, 2.24) is 9.80 Å². The van der Waals surface area contributed by atoms with E-state index in [2.05, 4.69) is 0 Å². The highest BCUT2D eigenvalue weighted by atomic mass is 16.2. The first-order valence-corrected chi connectivity index (χ1v) is 4.99. The molecule has 1 rings (SSSR count). The molecule has 1 aliphatic heterocycles. The number of carbonyl (C=O) groups is 3. The first-order valence-electron chi connectivity index (χ1n) is 4.99. The number of imide groups is 2. The number of nitrogens with zero attached hydrogens (tertiary/aromatic N) is 2. The second-order valence-corrected chi connectivity index (χ2v) is 4.24. The molecule has 84 valence electrons. The van der Waals surface area contributed by atoms with Crippen molar-refractivity contribution in [2.24, 2.45) is 11.8 Å². The molecule has 15 heavy (non-hydrogen) atoms. The van der Waals surface area contributed by atoms with Crippen LogP contribution in [0, 0.1) is 11.8 Å². The van der Waals surface area contributed by atoms with E-state index in [1.807, 2.05) is 13.8 Å². The molecule has 0 N–H and O–H groups in total. The normalized spacial score (nSPS) is 23.0. The van der Waals surface area contributed by atoms with E-state index in [1.165, 1.54) is 14.0 Å². The fourth-order valence-electron chi connectivity index (χ4n) is 1.53. The summed E-state index contributed by atoms with van der Waals surface area (Å²) in [6, 6.07) is -0.517. The molecule has 0 saturated carbocycles. The van der Waals surface area contributed by atoms with Gasteiger partial charge in [-0.2, -0.15) is 0 Å². The first-order chi connectivity index (χ1) is 6.86. The molecule has 0 radical (unpaired) electrons. The Balaban J connectivity index is 2.92. The van der Waals surface area contributed by atoms with Crippen molar-refractivity contribution in [2.75, 3.05) is 13.6 Å². The van der Waals surface area contributed by atoms with Crippen molar-refractivity contribution in [3.63, 3.8) is 0 Å². The van der Waals surface area contributed by atoms with Crippen molar-refractivity contribution >= 4 is 17.8 Å². The van der Waals surface area contributed by atoms with Gasteiger partial charge in [-0.05, 0) is 12.8 Å². The fraction of sp³-hybridized carbons (Fsp3) is 0.700. The number of hydrogen-bond donors (Lipinski definition) is 0. The van der Waals surface area contributed by atoms with Crippen LogP contribution < -0.4 is 0 Å². The summed E-state index contributed by atoms with van der Waals surface area (Å²) in [4.78, 5) is 36.9. The average Bonchev–Trinajstić information content (AvgIpc) is 2.18. The Hall–Kier alpha value is -1.39. The van der Waals surface area contributed by atoms with Crippen molar-refractivity contribution in [1.29, 1.82) is 0 Å². The van der Waals surface area contributed by atoms with Gasteiger partial charge in [0.05, 0.1) is 0 Å². The van der Waals surface area contributed by atoms with Crippen molar-refractivity contribution in [3.8, 4) is 0 Å². The van der Waals surface area contributed by atoms with E-state index in [9.17, 15) is 14.4 Å². The largest absolute Gasteiger partial charge is 0.333 e. The highest BCUT2D eigenvalue weighted by Crippen LogP contribution is 2.17.